The predicted molar refractivity (Wildman–Crippen MR) is 55.9 cm³/mol. The highest BCUT2D eigenvalue weighted by Crippen LogP contribution is 2.45. The minimum Gasteiger partial charge on any atom is -0.496 e. The second-order valence-corrected chi connectivity index (χ2v) is 3.10. The van der Waals surface area contributed by atoms with Gasteiger partial charge in [0.1, 0.15) is 11.5 Å². The van der Waals surface area contributed by atoms with E-state index in [4.69, 9.17) is 15.2 Å². The van der Waals surface area contributed by atoms with Crippen LogP contribution in [0.1, 0.15) is 11.1 Å². The molecule has 0 spiro atoms. The lowest BCUT2D eigenvalue weighted by atomic mass is 9.85. The number of methoxy groups -OCH3 is 2. The van der Waals surface area contributed by atoms with Crippen molar-refractivity contribution in [3.8, 4) is 5.75 Å². The van der Waals surface area contributed by atoms with E-state index in [2.05, 4.69) is 0 Å². The van der Waals surface area contributed by atoms with Gasteiger partial charge in [0.05, 0.1) is 19.8 Å². The lowest BCUT2D eigenvalue weighted by Gasteiger charge is -2.27. The Bertz CT molecular complexity index is 396. The van der Waals surface area contributed by atoms with E-state index in [9.17, 15) is 0 Å². The molecule has 1 aliphatic rings. The average Bonchev–Trinajstić information content (AvgIpc) is 2.20. The maximum Gasteiger partial charge on any atom is 0.135 e. The minimum absolute atomic E-state index is 0.503. The van der Waals surface area contributed by atoms with E-state index < -0.39 is 0 Å². The van der Waals surface area contributed by atoms with E-state index in [1.54, 1.807) is 14.2 Å². The molecule has 3 heteroatoms. The third-order valence-corrected chi connectivity index (χ3v) is 2.48. The monoisotopic (exact) mass is 191 g/mol. The number of nitrogens with two attached hydrogens (primary N) is 1. The van der Waals surface area contributed by atoms with Gasteiger partial charge in [-0.2, -0.15) is 0 Å². The molecule has 0 aliphatic heterocycles. The van der Waals surface area contributed by atoms with Crippen molar-refractivity contribution in [3.63, 3.8) is 0 Å². The highest BCUT2D eigenvalue weighted by molar-refractivity contribution is 6.03. The molecule has 1 aromatic rings. The third kappa shape index (κ3) is 1.02. The molecule has 74 valence electrons. The summed E-state index contributed by atoms with van der Waals surface area (Å²) in [5, 5.41) is 0. The van der Waals surface area contributed by atoms with Crippen molar-refractivity contribution in [2.75, 3.05) is 20.8 Å². The summed E-state index contributed by atoms with van der Waals surface area (Å²) in [5.74, 6) is 1.71. The standard InChI is InChI=1S/C11H13NO2/c1-13-9-5-3-4-7-8(6-12)11(14-2)10(7)9/h3-5H,6,12H2,1-2H3. The van der Waals surface area contributed by atoms with Crippen molar-refractivity contribution >= 4 is 11.3 Å². The fourth-order valence-corrected chi connectivity index (χ4v) is 1.83. The second-order valence-electron chi connectivity index (χ2n) is 3.10. The molecular weight excluding hydrogens is 178 g/mol. The fraction of sp³-hybridized carbons (Fsp3) is 0.273. The van der Waals surface area contributed by atoms with Crippen LogP contribution in [-0.2, 0) is 4.74 Å². The van der Waals surface area contributed by atoms with E-state index in [1.165, 1.54) is 0 Å². The van der Waals surface area contributed by atoms with Crippen molar-refractivity contribution < 1.29 is 9.47 Å². The molecule has 1 aromatic carbocycles. The zero-order valence-electron chi connectivity index (χ0n) is 8.33. The summed E-state index contributed by atoms with van der Waals surface area (Å²) in [6.07, 6.45) is 0. The quantitative estimate of drug-likeness (QED) is 0.787. The first-order chi connectivity index (χ1) is 6.83. The van der Waals surface area contributed by atoms with Gasteiger partial charge >= 0.3 is 0 Å². The third-order valence-electron chi connectivity index (χ3n) is 2.48. The summed E-state index contributed by atoms with van der Waals surface area (Å²) in [4.78, 5) is 0. The lowest BCUT2D eigenvalue weighted by Crippen LogP contribution is -2.16. The predicted octanol–water partition coefficient (Wildman–Crippen LogP) is 1.48. The van der Waals surface area contributed by atoms with Crippen molar-refractivity contribution in [2.24, 2.45) is 5.73 Å². The van der Waals surface area contributed by atoms with Crippen LogP contribution in [0.3, 0.4) is 0 Å². The van der Waals surface area contributed by atoms with E-state index in [0.717, 1.165) is 28.2 Å². The smallest absolute Gasteiger partial charge is 0.135 e. The Labute approximate surface area is 83.1 Å². The van der Waals surface area contributed by atoms with Gasteiger partial charge in [-0.15, -0.1) is 0 Å². The molecule has 0 bridgehead atoms. The summed E-state index contributed by atoms with van der Waals surface area (Å²) in [6.45, 7) is 0.503. The van der Waals surface area contributed by atoms with E-state index in [-0.39, 0.29) is 0 Å². The van der Waals surface area contributed by atoms with Crippen LogP contribution in [-0.4, -0.2) is 20.8 Å². The van der Waals surface area contributed by atoms with E-state index >= 15 is 0 Å². The average molecular weight is 191 g/mol. The summed E-state index contributed by atoms with van der Waals surface area (Å²) < 4.78 is 10.5. The number of hydrogen-bond acceptors (Lipinski definition) is 3. The number of benzene rings is 1. The Balaban J connectivity index is 2.51. The molecule has 0 aromatic heterocycles. The summed E-state index contributed by atoms with van der Waals surface area (Å²) in [5.41, 5.74) is 8.88. The number of rotatable bonds is 3. The Morgan fingerprint density at radius 2 is 2.00 bits per heavy atom. The summed E-state index contributed by atoms with van der Waals surface area (Å²) in [7, 11) is 3.31. The van der Waals surface area contributed by atoms with Gasteiger partial charge in [-0.3, -0.25) is 0 Å². The number of ether oxygens (including phenoxy) is 2. The van der Waals surface area contributed by atoms with E-state index in [0.29, 0.717) is 6.54 Å². The van der Waals surface area contributed by atoms with E-state index in [1.807, 2.05) is 18.2 Å². The number of hydrogen-bond donors (Lipinski definition) is 1. The molecule has 0 heterocycles. The van der Waals surface area contributed by atoms with Gasteiger partial charge in [0.2, 0.25) is 0 Å². The summed E-state index contributed by atoms with van der Waals surface area (Å²) >= 11 is 0. The highest BCUT2D eigenvalue weighted by atomic mass is 16.5. The van der Waals surface area contributed by atoms with Crippen LogP contribution in [0.5, 0.6) is 5.75 Å². The molecule has 0 amide bonds. The molecule has 0 saturated heterocycles. The lowest BCUT2D eigenvalue weighted by molar-refractivity contribution is 0.358. The maximum absolute atomic E-state index is 5.63. The molecular formula is C11H13NO2. The van der Waals surface area contributed by atoms with Crippen LogP contribution in [0.4, 0.5) is 0 Å². The molecule has 2 N–H and O–H groups in total. The van der Waals surface area contributed by atoms with Crippen molar-refractivity contribution in [3.05, 3.63) is 29.3 Å². The number of fused-ring (bicyclic) bond motifs is 1. The van der Waals surface area contributed by atoms with Gasteiger partial charge in [-0.05, 0) is 11.6 Å². The van der Waals surface area contributed by atoms with Gasteiger partial charge in [0, 0.05) is 12.1 Å². The van der Waals surface area contributed by atoms with Gasteiger partial charge in [-0.1, -0.05) is 12.1 Å². The molecule has 0 radical (unpaired) electrons. The second kappa shape index (κ2) is 3.35. The van der Waals surface area contributed by atoms with Gasteiger partial charge < -0.3 is 15.2 Å². The van der Waals surface area contributed by atoms with Crippen molar-refractivity contribution in [2.45, 2.75) is 0 Å². The van der Waals surface area contributed by atoms with Crippen LogP contribution in [0.2, 0.25) is 0 Å². The molecule has 0 atom stereocenters. The Morgan fingerprint density at radius 1 is 1.21 bits per heavy atom. The van der Waals surface area contributed by atoms with Crippen LogP contribution < -0.4 is 10.5 Å². The van der Waals surface area contributed by atoms with Crippen LogP contribution >= 0.6 is 0 Å². The molecule has 0 saturated carbocycles. The SMILES string of the molecule is COC1=C(CN)c2cccc(OC)c21. The molecule has 1 aliphatic carbocycles. The highest BCUT2D eigenvalue weighted by Gasteiger charge is 2.28. The first kappa shape index (κ1) is 9.09. The summed E-state index contributed by atoms with van der Waals surface area (Å²) in [6, 6.07) is 5.91. The minimum atomic E-state index is 0.503. The van der Waals surface area contributed by atoms with Gasteiger partial charge in [-0.25, -0.2) is 0 Å². The topological polar surface area (TPSA) is 44.5 Å². The molecule has 0 fully saturated rings. The normalized spacial score (nSPS) is 13.4. The van der Waals surface area contributed by atoms with Crippen LogP contribution in [0, 0.1) is 0 Å². The van der Waals surface area contributed by atoms with Crippen molar-refractivity contribution in [1.29, 1.82) is 0 Å². The largest absolute Gasteiger partial charge is 0.496 e. The molecule has 14 heavy (non-hydrogen) atoms. The maximum atomic E-state index is 5.63. The van der Waals surface area contributed by atoms with Crippen LogP contribution in [0.15, 0.2) is 18.2 Å². The fourth-order valence-electron chi connectivity index (χ4n) is 1.83. The molecule has 3 nitrogen and oxygen atoms in total. The van der Waals surface area contributed by atoms with Crippen molar-refractivity contribution in [1.82, 2.24) is 0 Å². The van der Waals surface area contributed by atoms with Crippen LogP contribution in [0.25, 0.3) is 11.3 Å². The Hall–Kier alpha value is -1.48. The Kier molecular flexibility index (Phi) is 2.17. The first-order valence-electron chi connectivity index (χ1n) is 4.48. The molecule has 0 unspecified atom stereocenters. The molecule has 2 rings (SSSR count). The Morgan fingerprint density at radius 3 is 2.57 bits per heavy atom. The van der Waals surface area contributed by atoms with Gasteiger partial charge in [0.15, 0.2) is 0 Å². The van der Waals surface area contributed by atoms with Gasteiger partial charge in [0.25, 0.3) is 0 Å². The zero-order chi connectivity index (χ0) is 10.1. The zero-order valence-corrected chi connectivity index (χ0v) is 8.33. The first-order valence-corrected chi connectivity index (χ1v) is 4.48.